The number of benzene rings is 1. The number of urea groups is 1. The molecule has 1 aromatic carbocycles. The van der Waals surface area contributed by atoms with Gasteiger partial charge < -0.3 is 10.2 Å². The van der Waals surface area contributed by atoms with E-state index in [9.17, 15) is 14.4 Å². The van der Waals surface area contributed by atoms with Crippen molar-refractivity contribution in [2.45, 2.75) is 52.6 Å². The molecule has 1 aromatic rings. The van der Waals surface area contributed by atoms with Gasteiger partial charge in [0.25, 0.3) is 5.91 Å². The molecule has 0 aliphatic carbocycles. The van der Waals surface area contributed by atoms with Gasteiger partial charge in [-0.3, -0.25) is 9.59 Å². The molecule has 0 bridgehead atoms. The number of fused-ring (bicyclic) bond motifs is 1. The fourth-order valence-electron chi connectivity index (χ4n) is 3.48. The van der Waals surface area contributed by atoms with Gasteiger partial charge in [0.05, 0.1) is 11.7 Å². The van der Waals surface area contributed by atoms with Crippen molar-refractivity contribution in [1.29, 1.82) is 0 Å². The average Bonchev–Trinajstić information content (AvgIpc) is 2.91. The average molecular weight is 343 g/mol. The molecular weight excluding hydrogens is 318 g/mol. The highest BCUT2D eigenvalue weighted by Crippen LogP contribution is 2.30. The smallest absolute Gasteiger partial charge is 0.329 e. The van der Waals surface area contributed by atoms with Crippen molar-refractivity contribution >= 4 is 23.5 Å². The summed E-state index contributed by atoms with van der Waals surface area (Å²) in [6, 6.07) is 5.89. The fraction of sp³-hybridized carbons (Fsp3) is 0.526. The van der Waals surface area contributed by atoms with Crippen LogP contribution in [-0.4, -0.2) is 41.4 Å². The first-order valence-electron chi connectivity index (χ1n) is 8.68. The van der Waals surface area contributed by atoms with E-state index in [1.54, 1.807) is 17.0 Å². The van der Waals surface area contributed by atoms with Crippen molar-refractivity contribution < 1.29 is 14.4 Å². The molecule has 1 N–H and O–H groups in total. The number of hydrogen-bond acceptors (Lipinski definition) is 3. The second-order valence-electron chi connectivity index (χ2n) is 8.12. The minimum absolute atomic E-state index is 0.0339. The maximum absolute atomic E-state index is 13.1. The Hall–Kier alpha value is -2.37. The lowest BCUT2D eigenvalue weighted by Gasteiger charge is -2.37. The minimum Gasteiger partial charge on any atom is -0.332 e. The molecule has 2 saturated heterocycles. The van der Waals surface area contributed by atoms with Gasteiger partial charge in [-0.2, -0.15) is 0 Å². The summed E-state index contributed by atoms with van der Waals surface area (Å²) in [5.74, 6) is -0.356. The maximum Gasteiger partial charge on any atom is 0.329 e. The molecule has 0 radical (unpaired) electrons. The Morgan fingerprint density at radius 2 is 1.84 bits per heavy atom. The highest BCUT2D eigenvalue weighted by molar-refractivity contribution is 6.19. The number of hydrogen-bond donors (Lipinski definition) is 1. The van der Waals surface area contributed by atoms with Crippen LogP contribution in [0.2, 0.25) is 0 Å². The van der Waals surface area contributed by atoms with Gasteiger partial charge in [-0.05, 0) is 30.9 Å². The van der Waals surface area contributed by atoms with Crippen LogP contribution in [0.25, 0.3) is 0 Å². The standard InChI is InChI=1S/C19H25N3O3/c1-12-5-7-13(8-6-12)22-17(24)16-14(20-18(22)25)9-10-21(16)15(23)11-19(2,3)4/h5-8,14,16H,9-11H2,1-4H3,(H,20,25)/t14-,16+/m1/s1. The Kier molecular flexibility index (Phi) is 4.31. The first kappa shape index (κ1) is 17.5. The molecule has 6 heteroatoms. The maximum atomic E-state index is 13.1. The summed E-state index contributed by atoms with van der Waals surface area (Å²) in [6.45, 7) is 8.45. The van der Waals surface area contributed by atoms with Gasteiger partial charge in [-0.1, -0.05) is 38.5 Å². The summed E-state index contributed by atoms with van der Waals surface area (Å²) in [5, 5.41) is 2.89. The van der Waals surface area contributed by atoms with E-state index >= 15 is 0 Å². The van der Waals surface area contributed by atoms with Gasteiger partial charge in [0.1, 0.15) is 6.04 Å². The topological polar surface area (TPSA) is 69.7 Å². The van der Waals surface area contributed by atoms with Crippen LogP contribution in [0.4, 0.5) is 10.5 Å². The quantitative estimate of drug-likeness (QED) is 0.897. The number of aryl methyl sites for hydroxylation is 1. The molecular formula is C19H25N3O3. The van der Waals surface area contributed by atoms with Gasteiger partial charge in [-0.25, -0.2) is 9.69 Å². The number of likely N-dealkylation sites (tertiary alicyclic amines) is 1. The van der Waals surface area contributed by atoms with E-state index in [1.807, 2.05) is 39.8 Å². The van der Waals surface area contributed by atoms with Gasteiger partial charge in [0.15, 0.2) is 0 Å². The third-order valence-corrected chi connectivity index (χ3v) is 4.68. The molecule has 0 spiro atoms. The Labute approximate surface area is 148 Å². The van der Waals surface area contributed by atoms with E-state index in [1.165, 1.54) is 0 Å². The number of nitrogens with zero attached hydrogens (tertiary/aromatic N) is 2. The molecule has 0 unspecified atom stereocenters. The van der Waals surface area contributed by atoms with Gasteiger partial charge in [0, 0.05) is 13.0 Å². The molecule has 134 valence electrons. The van der Waals surface area contributed by atoms with Crippen LogP contribution < -0.4 is 10.2 Å². The first-order chi connectivity index (χ1) is 11.7. The number of nitrogens with one attached hydrogen (secondary N) is 1. The zero-order chi connectivity index (χ0) is 18.4. The summed E-state index contributed by atoms with van der Waals surface area (Å²) < 4.78 is 0. The largest absolute Gasteiger partial charge is 0.332 e. The summed E-state index contributed by atoms with van der Waals surface area (Å²) >= 11 is 0. The third kappa shape index (κ3) is 3.38. The van der Waals surface area contributed by atoms with Crippen molar-refractivity contribution in [2.75, 3.05) is 11.4 Å². The van der Waals surface area contributed by atoms with Crippen LogP contribution in [0, 0.1) is 12.3 Å². The Morgan fingerprint density at radius 3 is 2.44 bits per heavy atom. The Morgan fingerprint density at radius 1 is 1.20 bits per heavy atom. The van der Waals surface area contributed by atoms with Crippen LogP contribution in [0.1, 0.15) is 39.2 Å². The molecule has 0 aromatic heterocycles. The number of rotatable bonds is 2. The molecule has 25 heavy (non-hydrogen) atoms. The third-order valence-electron chi connectivity index (χ3n) is 4.68. The molecule has 2 atom stereocenters. The van der Waals surface area contributed by atoms with Crippen molar-refractivity contribution in [2.24, 2.45) is 5.41 Å². The van der Waals surface area contributed by atoms with Crippen LogP contribution in [-0.2, 0) is 9.59 Å². The Balaban J connectivity index is 1.86. The molecule has 0 saturated carbocycles. The Bertz CT molecular complexity index is 706. The van der Waals surface area contributed by atoms with E-state index in [0.29, 0.717) is 25.1 Å². The van der Waals surface area contributed by atoms with Gasteiger partial charge in [-0.15, -0.1) is 0 Å². The number of anilines is 1. The first-order valence-corrected chi connectivity index (χ1v) is 8.68. The van der Waals surface area contributed by atoms with E-state index in [4.69, 9.17) is 0 Å². The zero-order valence-corrected chi connectivity index (χ0v) is 15.2. The number of amides is 4. The van der Waals surface area contributed by atoms with Gasteiger partial charge in [0.2, 0.25) is 5.91 Å². The normalized spacial score (nSPS) is 23.5. The number of carbonyl (C=O) groups is 3. The summed E-state index contributed by atoms with van der Waals surface area (Å²) in [6.07, 6.45) is 0.988. The summed E-state index contributed by atoms with van der Waals surface area (Å²) in [5.41, 5.74) is 1.43. The minimum atomic E-state index is -0.617. The van der Waals surface area contributed by atoms with Gasteiger partial charge >= 0.3 is 6.03 Å². The highest BCUT2D eigenvalue weighted by Gasteiger charge is 2.50. The molecule has 2 heterocycles. The SMILES string of the molecule is Cc1ccc(N2C(=O)N[C@@H]3CCN(C(=O)CC(C)(C)C)[C@@H]3C2=O)cc1. The fourth-order valence-corrected chi connectivity index (χ4v) is 3.48. The van der Waals surface area contributed by atoms with Crippen LogP contribution in [0.5, 0.6) is 0 Å². The van der Waals surface area contributed by atoms with Crippen LogP contribution in [0.3, 0.4) is 0 Å². The monoisotopic (exact) mass is 343 g/mol. The predicted molar refractivity (Wildman–Crippen MR) is 95.2 cm³/mol. The van der Waals surface area contributed by atoms with Crippen molar-refractivity contribution in [3.63, 3.8) is 0 Å². The van der Waals surface area contributed by atoms with E-state index in [2.05, 4.69) is 5.32 Å². The van der Waals surface area contributed by atoms with E-state index < -0.39 is 12.1 Å². The molecule has 4 amide bonds. The second kappa shape index (κ2) is 6.17. The van der Waals surface area contributed by atoms with Crippen molar-refractivity contribution in [3.8, 4) is 0 Å². The lowest BCUT2D eigenvalue weighted by molar-refractivity contribution is -0.139. The van der Waals surface area contributed by atoms with Crippen LogP contribution >= 0.6 is 0 Å². The highest BCUT2D eigenvalue weighted by atomic mass is 16.2. The lowest BCUT2D eigenvalue weighted by Crippen LogP contribution is -2.65. The predicted octanol–water partition coefficient (Wildman–Crippen LogP) is 2.46. The van der Waals surface area contributed by atoms with E-state index in [0.717, 1.165) is 10.5 Å². The molecule has 6 nitrogen and oxygen atoms in total. The van der Waals surface area contributed by atoms with Crippen molar-refractivity contribution in [3.05, 3.63) is 29.8 Å². The molecule has 3 rings (SSSR count). The number of imide groups is 1. The summed E-state index contributed by atoms with van der Waals surface area (Å²) in [7, 11) is 0. The second-order valence-corrected chi connectivity index (χ2v) is 8.12. The lowest BCUT2D eigenvalue weighted by atomic mass is 9.91. The zero-order valence-electron chi connectivity index (χ0n) is 15.2. The molecule has 2 fully saturated rings. The number of carbonyl (C=O) groups excluding carboxylic acids is 3. The molecule has 2 aliphatic heterocycles. The van der Waals surface area contributed by atoms with E-state index in [-0.39, 0.29) is 23.3 Å². The van der Waals surface area contributed by atoms with Crippen molar-refractivity contribution in [1.82, 2.24) is 10.2 Å². The summed E-state index contributed by atoms with van der Waals surface area (Å²) in [4.78, 5) is 41.0. The van der Waals surface area contributed by atoms with Crippen LogP contribution in [0.15, 0.2) is 24.3 Å². The molecule has 2 aliphatic rings.